The third-order valence-electron chi connectivity index (χ3n) is 3.50. The maximum Gasteiger partial charge on any atom is 0.334 e. The highest BCUT2D eigenvalue weighted by Crippen LogP contribution is 2.24. The number of nitrogens with zero attached hydrogens (tertiary/aromatic N) is 1. The lowest BCUT2D eigenvalue weighted by atomic mass is 9.87. The number of hydrogen-bond acceptors (Lipinski definition) is 3. The van der Waals surface area contributed by atoms with Gasteiger partial charge in [-0.3, -0.25) is 0 Å². The third-order valence-corrected chi connectivity index (χ3v) is 3.50. The first-order chi connectivity index (χ1) is 8.41. The number of carbonyl (C=O) groups is 2. The molecule has 1 aliphatic rings. The number of amides is 2. The van der Waals surface area contributed by atoms with E-state index in [9.17, 15) is 9.59 Å². The second kappa shape index (κ2) is 6.58. The number of carboxylic acids is 1. The standard InChI is InChI=1S/C12H22N2O4/c1-8(2)9-3-5-14(6-4-9)12(18)13-7-10(15)11(16)17/h8-10,15H,3-7H2,1-2H3,(H,13,18)(H,16,17)/t10-/m0/s1. The molecule has 2 amide bonds. The van der Waals surface area contributed by atoms with Crippen molar-refractivity contribution in [3.05, 3.63) is 0 Å². The summed E-state index contributed by atoms with van der Waals surface area (Å²) in [6.45, 7) is 5.50. The molecule has 18 heavy (non-hydrogen) atoms. The van der Waals surface area contributed by atoms with Crippen LogP contribution in [0.4, 0.5) is 4.79 Å². The van der Waals surface area contributed by atoms with Gasteiger partial charge in [-0.1, -0.05) is 13.8 Å². The summed E-state index contributed by atoms with van der Waals surface area (Å²) in [6, 6.07) is -0.294. The van der Waals surface area contributed by atoms with Gasteiger partial charge in [0.15, 0.2) is 6.10 Å². The molecule has 1 heterocycles. The van der Waals surface area contributed by atoms with Gasteiger partial charge in [-0.15, -0.1) is 0 Å². The van der Waals surface area contributed by atoms with Gasteiger partial charge in [0.1, 0.15) is 0 Å². The molecule has 0 unspecified atom stereocenters. The zero-order valence-electron chi connectivity index (χ0n) is 10.9. The van der Waals surface area contributed by atoms with E-state index in [4.69, 9.17) is 10.2 Å². The van der Waals surface area contributed by atoms with Gasteiger partial charge in [0.25, 0.3) is 0 Å². The molecular weight excluding hydrogens is 236 g/mol. The minimum atomic E-state index is -1.54. The van der Waals surface area contributed by atoms with Gasteiger partial charge in [-0.2, -0.15) is 0 Å². The van der Waals surface area contributed by atoms with Crippen LogP contribution in [0.15, 0.2) is 0 Å². The molecule has 1 fully saturated rings. The van der Waals surface area contributed by atoms with E-state index in [1.54, 1.807) is 4.90 Å². The van der Waals surface area contributed by atoms with E-state index in [2.05, 4.69) is 19.2 Å². The Hall–Kier alpha value is -1.30. The Kier molecular flexibility index (Phi) is 5.40. The number of aliphatic carboxylic acids is 1. The van der Waals surface area contributed by atoms with E-state index in [0.717, 1.165) is 12.8 Å². The quantitative estimate of drug-likeness (QED) is 0.685. The van der Waals surface area contributed by atoms with Gasteiger partial charge in [-0.05, 0) is 24.7 Å². The molecule has 0 spiro atoms. The molecule has 0 aromatic heterocycles. The van der Waals surface area contributed by atoms with Crippen molar-refractivity contribution in [3.63, 3.8) is 0 Å². The summed E-state index contributed by atoms with van der Waals surface area (Å²) in [7, 11) is 0. The Morgan fingerprint density at radius 1 is 1.33 bits per heavy atom. The summed E-state index contributed by atoms with van der Waals surface area (Å²) in [5, 5.41) is 20.0. The topological polar surface area (TPSA) is 89.9 Å². The minimum absolute atomic E-state index is 0.252. The second-order valence-electron chi connectivity index (χ2n) is 5.11. The number of rotatable bonds is 4. The Morgan fingerprint density at radius 3 is 2.33 bits per heavy atom. The fraction of sp³-hybridized carbons (Fsp3) is 0.833. The zero-order valence-corrected chi connectivity index (χ0v) is 10.9. The van der Waals surface area contributed by atoms with Crippen LogP contribution in [-0.2, 0) is 4.79 Å². The molecule has 3 N–H and O–H groups in total. The molecule has 104 valence electrons. The van der Waals surface area contributed by atoms with Crippen molar-refractivity contribution in [1.82, 2.24) is 10.2 Å². The lowest BCUT2D eigenvalue weighted by Gasteiger charge is -2.33. The summed E-state index contributed by atoms with van der Waals surface area (Å²) in [4.78, 5) is 23.8. The van der Waals surface area contributed by atoms with Gasteiger partial charge in [-0.25, -0.2) is 9.59 Å². The van der Waals surface area contributed by atoms with Crippen LogP contribution >= 0.6 is 0 Å². The highest BCUT2D eigenvalue weighted by Gasteiger charge is 2.25. The lowest BCUT2D eigenvalue weighted by molar-refractivity contribution is -0.146. The highest BCUT2D eigenvalue weighted by molar-refractivity contribution is 5.76. The van der Waals surface area contributed by atoms with Gasteiger partial charge in [0, 0.05) is 13.1 Å². The number of urea groups is 1. The number of piperidine rings is 1. The fourth-order valence-corrected chi connectivity index (χ4v) is 2.15. The molecule has 1 saturated heterocycles. The van der Waals surface area contributed by atoms with Crippen molar-refractivity contribution >= 4 is 12.0 Å². The molecule has 0 aliphatic carbocycles. The first-order valence-corrected chi connectivity index (χ1v) is 6.35. The number of aliphatic hydroxyl groups is 1. The Bertz CT molecular complexity index is 298. The Morgan fingerprint density at radius 2 is 1.89 bits per heavy atom. The van der Waals surface area contributed by atoms with E-state index in [-0.39, 0.29) is 12.6 Å². The van der Waals surface area contributed by atoms with Gasteiger partial charge < -0.3 is 20.4 Å². The largest absolute Gasteiger partial charge is 0.479 e. The summed E-state index contributed by atoms with van der Waals surface area (Å²) >= 11 is 0. The average Bonchev–Trinajstić information content (AvgIpc) is 2.35. The predicted molar refractivity (Wildman–Crippen MR) is 66.2 cm³/mol. The van der Waals surface area contributed by atoms with Crippen LogP contribution in [0, 0.1) is 11.8 Å². The molecule has 6 nitrogen and oxygen atoms in total. The van der Waals surface area contributed by atoms with E-state index in [1.165, 1.54) is 0 Å². The van der Waals surface area contributed by atoms with Crippen molar-refractivity contribution < 1.29 is 19.8 Å². The summed E-state index contributed by atoms with van der Waals surface area (Å²) < 4.78 is 0. The van der Waals surface area contributed by atoms with Crippen LogP contribution in [0.25, 0.3) is 0 Å². The Labute approximate surface area is 107 Å². The Balaban J connectivity index is 2.30. The SMILES string of the molecule is CC(C)C1CCN(C(=O)NC[C@H](O)C(=O)O)CC1. The van der Waals surface area contributed by atoms with Gasteiger partial charge in [0.05, 0.1) is 6.54 Å². The maximum absolute atomic E-state index is 11.7. The third kappa shape index (κ3) is 4.18. The van der Waals surface area contributed by atoms with E-state index in [1.807, 2.05) is 0 Å². The number of carbonyl (C=O) groups excluding carboxylic acids is 1. The molecule has 0 saturated carbocycles. The number of carboxylic acid groups (broad SMARTS) is 1. The molecule has 0 aromatic rings. The van der Waals surface area contributed by atoms with Crippen LogP contribution in [0.3, 0.4) is 0 Å². The van der Waals surface area contributed by atoms with Crippen LogP contribution in [-0.4, -0.2) is 52.9 Å². The van der Waals surface area contributed by atoms with Crippen molar-refractivity contribution in [2.24, 2.45) is 11.8 Å². The van der Waals surface area contributed by atoms with E-state index in [0.29, 0.717) is 24.9 Å². The molecular formula is C12H22N2O4. The zero-order chi connectivity index (χ0) is 13.7. The van der Waals surface area contributed by atoms with Crippen molar-refractivity contribution in [3.8, 4) is 0 Å². The van der Waals surface area contributed by atoms with Crippen molar-refractivity contribution in [2.45, 2.75) is 32.8 Å². The predicted octanol–water partition coefficient (Wildman–Crippen LogP) is 0.509. The first-order valence-electron chi connectivity index (χ1n) is 6.35. The second-order valence-corrected chi connectivity index (χ2v) is 5.11. The number of hydrogen-bond donors (Lipinski definition) is 3. The number of likely N-dealkylation sites (tertiary alicyclic amines) is 1. The summed E-state index contributed by atoms with van der Waals surface area (Å²) in [5.41, 5.74) is 0. The normalized spacial score (nSPS) is 18.8. The van der Waals surface area contributed by atoms with E-state index < -0.39 is 12.1 Å². The molecule has 0 bridgehead atoms. The summed E-state index contributed by atoms with van der Waals surface area (Å²) in [6.07, 6.45) is 0.418. The molecule has 1 aliphatic heterocycles. The van der Waals surface area contributed by atoms with Gasteiger partial charge >= 0.3 is 12.0 Å². The fourth-order valence-electron chi connectivity index (χ4n) is 2.15. The maximum atomic E-state index is 11.7. The van der Waals surface area contributed by atoms with Crippen LogP contribution in [0.2, 0.25) is 0 Å². The van der Waals surface area contributed by atoms with Crippen molar-refractivity contribution in [2.75, 3.05) is 19.6 Å². The molecule has 6 heteroatoms. The molecule has 1 rings (SSSR count). The minimum Gasteiger partial charge on any atom is -0.479 e. The van der Waals surface area contributed by atoms with Crippen LogP contribution in [0.5, 0.6) is 0 Å². The van der Waals surface area contributed by atoms with Crippen LogP contribution in [0.1, 0.15) is 26.7 Å². The first kappa shape index (κ1) is 14.8. The summed E-state index contributed by atoms with van der Waals surface area (Å²) in [5.74, 6) is -0.0449. The smallest absolute Gasteiger partial charge is 0.334 e. The van der Waals surface area contributed by atoms with Gasteiger partial charge in [0.2, 0.25) is 0 Å². The van der Waals surface area contributed by atoms with Crippen molar-refractivity contribution in [1.29, 1.82) is 0 Å². The average molecular weight is 258 g/mol. The molecule has 0 aromatic carbocycles. The number of aliphatic hydroxyl groups excluding tert-OH is 1. The highest BCUT2D eigenvalue weighted by atomic mass is 16.4. The monoisotopic (exact) mass is 258 g/mol. The molecule has 1 atom stereocenters. The molecule has 0 radical (unpaired) electrons. The number of nitrogens with one attached hydrogen (secondary N) is 1. The van der Waals surface area contributed by atoms with E-state index >= 15 is 0 Å². The lowest BCUT2D eigenvalue weighted by Crippen LogP contribution is -2.47. The van der Waals surface area contributed by atoms with Crippen LogP contribution < -0.4 is 5.32 Å².